The van der Waals surface area contributed by atoms with Crippen molar-refractivity contribution >= 4 is 45.0 Å². The Morgan fingerprint density at radius 3 is 2.46 bits per heavy atom. The molecule has 0 saturated heterocycles. The third-order valence-corrected chi connectivity index (χ3v) is 5.69. The van der Waals surface area contributed by atoms with Crippen molar-refractivity contribution in [2.75, 3.05) is 22.9 Å². The monoisotopic (exact) mass is 396 g/mol. The van der Waals surface area contributed by atoms with Crippen LogP contribution in [0, 0.1) is 0 Å². The van der Waals surface area contributed by atoms with E-state index in [1.165, 1.54) is 49.5 Å². The van der Waals surface area contributed by atoms with Gasteiger partial charge in [-0.15, -0.1) is 0 Å². The minimum atomic E-state index is -4.15. The van der Waals surface area contributed by atoms with Gasteiger partial charge in [0.05, 0.1) is 11.4 Å². The number of hydrogen-bond acceptors (Lipinski definition) is 5. The van der Waals surface area contributed by atoms with Gasteiger partial charge >= 0.3 is 12.0 Å². The Kier molecular flexibility index (Phi) is 4.51. The second kappa shape index (κ2) is 6.50. The fourth-order valence-corrected chi connectivity index (χ4v) is 4.23. The number of benzene rings is 2. The number of ether oxygens (including phenoxy) is 1. The molecule has 0 unspecified atom stereocenters. The first-order valence-electron chi connectivity index (χ1n) is 7.29. The number of aliphatic carboxylic acids is 1. The fraction of sp³-hybridized carbons (Fsp3) is 0.125. The van der Waals surface area contributed by atoms with E-state index in [9.17, 15) is 18.0 Å². The second-order valence-corrected chi connectivity index (χ2v) is 7.59. The molecule has 0 spiro atoms. The highest BCUT2D eigenvalue weighted by Gasteiger charge is 2.41. The highest BCUT2D eigenvalue weighted by molar-refractivity contribution is 7.94. The number of amides is 2. The molecule has 1 N–H and O–H groups in total. The van der Waals surface area contributed by atoms with E-state index in [0.29, 0.717) is 9.33 Å². The summed E-state index contributed by atoms with van der Waals surface area (Å²) in [5.74, 6) is -1.03. The summed E-state index contributed by atoms with van der Waals surface area (Å²) in [7, 11) is -2.74. The molecule has 0 radical (unpaired) electrons. The van der Waals surface area contributed by atoms with Crippen molar-refractivity contribution in [3.05, 3.63) is 47.5 Å². The van der Waals surface area contributed by atoms with Crippen LogP contribution in [0.3, 0.4) is 0 Å². The van der Waals surface area contributed by atoms with Gasteiger partial charge < -0.3 is 9.84 Å². The molecule has 0 fully saturated rings. The van der Waals surface area contributed by atoms with Crippen LogP contribution in [0.5, 0.6) is 5.75 Å². The van der Waals surface area contributed by atoms with Crippen LogP contribution in [0.2, 0.25) is 5.02 Å². The van der Waals surface area contributed by atoms with E-state index in [0.717, 1.165) is 4.90 Å². The number of hydrogen-bond donors (Lipinski definition) is 1. The van der Waals surface area contributed by atoms with Crippen LogP contribution in [-0.2, 0) is 14.8 Å². The summed E-state index contributed by atoms with van der Waals surface area (Å²) in [6.45, 7) is -0.583. The van der Waals surface area contributed by atoms with E-state index in [-0.39, 0.29) is 22.0 Å². The molecule has 1 heterocycles. The predicted molar refractivity (Wildman–Crippen MR) is 94.5 cm³/mol. The first kappa shape index (κ1) is 18.0. The van der Waals surface area contributed by atoms with E-state index in [1.54, 1.807) is 0 Å². The SMILES string of the molecule is CN1C(=O)N(c2ccc(Cl)cc2)S(=O)(=O)c2ccc(OCC(=O)O)cc21. The van der Waals surface area contributed by atoms with Crippen LogP contribution in [0.1, 0.15) is 0 Å². The number of halogens is 1. The molecular formula is C16H13ClN2O6S. The van der Waals surface area contributed by atoms with Crippen molar-refractivity contribution in [1.82, 2.24) is 0 Å². The number of fused-ring (bicyclic) bond motifs is 1. The second-order valence-electron chi connectivity index (χ2n) is 5.40. The number of carboxylic acid groups (broad SMARTS) is 1. The molecule has 2 aromatic rings. The Balaban J connectivity index is 2.07. The Morgan fingerprint density at radius 2 is 1.85 bits per heavy atom. The third-order valence-electron chi connectivity index (χ3n) is 3.69. The number of sulfonamides is 1. The molecule has 0 aliphatic carbocycles. The van der Waals surface area contributed by atoms with E-state index in [1.807, 2.05) is 0 Å². The van der Waals surface area contributed by atoms with Crippen molar-refractivity contribution in [3.63, 3.8) is 0 Å². The summed E-state index contributed by atoms with van der Waals surface area (Å²) < 4.78 is 31.6. The highest BCUT2D eigenvalue weighted by Crippen LogP contribution is 2.38. The topological polar surface area (TPSA) is 104 Å². The van der Waals surface area contributed by atoms with Crippen molar-refractivity contribution in [1.29, 1.82) is 0 Å². The maximum absolute atomic E-state index is 12.9. The quantitative estimate of drug-likeness (QED) is 0.851. The van der Waals surface area contributed by atoms with Gasteiger partial charge in [0, 0.05) is 18.1 Å². The average Bonchev–Trinajstić information content (AvgIpc) is 2.59. The summed E-state index contributed by atoms with van der Waals surface area (Å²) >= 11 is 5.82. The Bertz CT molecular complexity index is 990. The molecule has 1 aliphatic heterocycles. The standard InChI is InChI=1S/C16H13ClN2O6S/c1-18-13-8-12(25-9-15(20)21)6-7-14(13)26(23,24)19(16(18)22)11-4-2-10(17)3-5-11/h2-8H,9H2,1H3,(H,20,21). The molecule has 0 aromatic heterocycles. The summed E-state index contributed by atoms with van der Waals surface area (Å²) in [6.07, 6.45) is 0. The Morgan fingerprint density at radius 1 is 1.19 bits per heavy atom. The van der Waals surface area contributed by atoms with Crippen LogP contribution >= 0.6 is 11.6 Å². The zero-order chi connectivity index (χ0) is 19.1. The molecule has 0 saturated carbocycles. The van der Waals surface area contributed by atoms with Gasteiger partial charge in [0.1, 0.15) is 10.6 Å². The predicted octanol–water partition coefficient (Wildman–Crippen LogP) is 2.57. The number of anilines is 2. The Labute approximate surface area is 154 Å². The first-order chi connectivity index (χ1) is 12.2. The van der Waals surface area contributed by atoms with Crippen LogP contribution in [0.15, 0.2) is 47.4 Å². The van der Waals surface area contributed by atoms with Crippen molar-refractivity contribution < 1.29 is 27.9 Å². The largest absolute Gasteiger partial charge is 0.482 e. The van der Waals surface area contributed by atoms with Gasteiger partial charge in [0.15, 0.2) is 6.61 Å². The van der Waals surface area contributed by atoms with Gasteiger partial charge in [0.2, 0.25) is 0 Å². The minimum Gasteiger partial charge on any atom is -0.482 e. The number of carboxylic acids is 1. The molecule has 2 amide bonds. The van der Waals surface area contributed by atoms with Gasteiger partial charge in [-0.3, -0.25) is 4.90 Å². The average molecular weight is 397 g/mol. The lowest BCUT2D eigenvalue weighted by atomic mass is 10.2. The number of carbonyl (C=O) groups is 2. The molecule has 0 atom stereocenters. The molecule has 8 nitrogen and oxygen atoms in total. The van der Waals surface area contributed by atoms with Crippen LogP contribution < -0.4 is 13.9 Å². The summed E-state index contributed by atoms with van der Waals surface area (Å²) in [6, 6.07) is 8.97. The smallest absolute Gasteiger partial charge is 0.342 e. The van der Waals surface area contributed by atoms with Gasteiger partial charge in [-0.2, -0.15) is 4.31 Å². The first-order valence-corrected chi connectivity index (χ1v) is 9.11. The number of carbonyl (C=O) groups excluding carboxylic acids is 1. The van der Waals surface area contributed by atoms with Crippen LogP contribution in [0.4, 0.5) is 16.2 Å². The summed E-state index contributed by atoms with van der Waals surface area (Å²) in [5, 5.41) is 9.08. The van der Waals surface area contributed by atoms with Gasteiger partial charge in [-0.1, -0.05) is 11.6 Å². The zero-order valence-corrected chi connectivity index (χ0v) is 15.0. The van der Waals surface area contributed by atoms with E-state index in [2.05, 4.69) is 0 Å². The summed E-state index contributed by atoms with van der Waals surface area (Å²) in [4.78, 5) is 24.3. The van der Waals surface area contributed by atoms with E-state index in [4.69, 9.17) is 21.4 Å². The molecule has 3 rings (SSSR count). The molecule has 1 aliphatic rings. The molecule has 0 bridgehead atoms. The van der Waals surface area contributed by atoms with Crippen molar-refractivity contribution in [3.8, 4) is 5.75 Å². The van der Waals surface area contributed by atoms with Crippen LogP contribution in [-0.4, -0.2) is 39.2 Å². The van der Waals surface area contributed by atoms with E-state index < -0.39 is 28.6 Å². The van der Waals surface area contributed by atoms with Crippen LogP contribution in [0.25, 0.3) is 0 Å². The van der Waals surface area contributed by atoms with Gasteiger partial charge in [-0.25, -0.2) is 18.0 Å². The lowest BCUT2D eigenvalue weighted by molar-refractivity contribution is -0.139. The number of rotatable bonds is 4. The number of nitrogens with zero attached hydrogens (tertiary/aromatic N) is 2. The normalized spacial score (nSPS) is 15.5. The van der Waals surface area contributed by atoms with Gasteiger partial charge in [0.25, 0.3) is 10.0 Å². The third kappa shape index (κ3) is 3.06. The summed E-state index contributed by atoms with van der Waals surface area (Å²) in [5.41, 5.74) is 0.256. The molecule has 136 valence electrons. The molecule has 26 heavy (non-hydrogen) atoms. The lowest BCUT2D eigenvalue weighted by Crippen LogP contribution is -2.49. The van der Waals surface area contributed by atoms with Gasteiger partial charge in [-0.05, 0) is 36.4 Å². The van der Waals surface area contributed by atoms with E-state index >= 15 is 0 Å². The highest BCUT2D eigenvalue weighted by atomic mass is 35.5. The Hall–Kier alpha value is -2.78. The van der Waals surface area contributed by atoms with Crippen molar-refractivity contribution in [2.45, 2.75) is 4.90 Å². The number of urea groups is 1. The molecular weight excluding hydrogens is 384 g/mol. The minimum absolute atomic E-state index is 0.0998. The maximum Gasteiger partial charge on any atom is 0.342 e. The maximum atomic E-state index is 12.9. The molecule has 10 heteroatoms. The molecule has 2 aromatic carbocycles. The van der Waals surface area contributed by atoms with Crippen molar-refractivity contribution in [2.24, 2.45) is 0 Å². The fourth-order valence-electron chi connectivity index (χ4n) is 2.48. The zero-order valence-electron chi connectivity index (χ0n) is 13.4. The lowest BCUT2D eigenvalue weighted by Gasteiger charge is -2.34.